The lowest BCUT2D eigenvalue weighted by atomic mass is 10.1. The molecule has 0 unspecified atom stereocenters. The predicted octanol–water partition coefficient (Wildman–Crippen LogP) is 4.39. The molecule has 0 saturated carbocycles. The average Bonchev–Trinajstić information content (AvgIpc) is 2.40. The van der Waals surface area contributed by atoms with Crippen molar-refractivity contribution in [3.63, 3.8) is 0 Å². The standard InChI is InChI=1S/C16H17ClFNO/c1-10-6-7-13(11(2)19)15(8-10)20-9-12-4-3-5-14(17)16(12)18/h3-8,11H,9,19H2,1-2H3/t11-/m0/s1. The van der Waals surface area contributed by atoms with E-state index in [4.69, 9.17) is 22.1 Å². The molecule has 4 heteroatoms. The molecule has 0 aromatic heterocycles. The van der Waals surface area contributed by atoms with Crippen LogP contribution < -0.4 is 10.5 Å². The highest BCUT2D eigenvalue weighted by atomic mass is 35.5. The fraction of sp³-hybridized carbons (Fsp3) is 0.250. The minimum atomic E-state index is -0.441. The van der Waals surface area contributed by atoms with E-state index in [-0.39, 0.29) is 17.7 Å². The van der Waals surface area contributed by atoms with E-state index in [0.29, 0.717) is 11.3 Å². The summed E-state index contributed by atoms with van der Waals surface area (Å²) in [6.07, 6.45) is 0. The summed E-state index contributed by atoms with van der Waals surface area (Å²) in [4.78, 5) is 0. The lowest BCUT2D eigenvalue weighted by Gasteiger charge is -2.15. The van der Waals surface area contributed by atoms with Gasteiger partial charge in [-0.3, -0.25) is 0 Å². The Bertz CT molecular complexity index is 613. The zero-order valence-electron chi connectivity index (χ0n) is 11.5. The van der Waals surface area contributed by atoms with E-state index in [1.54, 1.807) is 12.1 Å². The SMILES string of the molecule is Cc1ccc([C@H](C)N)c(OCc2cccc(Cl)c2F)c1. The van der Waals surface area contributed by atoms with Gasteiger partial charge < -0.3 is 10.5 Å². The molecule has 0 radical (unpaired) electrons. The summed E-state index contributed by atoms with van der Waals surface area (Å²) in [5.41, 5.74) is 8.30. The molecule has 20 heavy (non-hydrogen) atoms. The highest BCUT2D eigenvalue weighted by Gasteiger charge is 2.11. The van der Waals surface area contributed by atoms with Crippen LogP contribution in [0.5, 0.6) is 5.75 Å². The van der Waals surface area contributed by atoms with Crippen LogP contribution in [0, 0.1) is 12.7 Å². The van der Waals surface area contributed by atoms with Gasteiger partial charge in [0, 0.05) is 17.2 Å². The topological polar surface area (TPSA) is 35.2 Å². The first-order valence-corrected chi connectivity index (χ1v) is 6.78. The fourth-order valence-corrected chi connectivity index (χ4v) is 2.15. The summed E-state index contributed by atoms with van der Waals surface area (Å²) in [5.74, 6) is 0.239. The van der Waals surface area contributed by atoms with Crippen molar-refractivity contribution in [2.45, 2.75) is 26.5 Å². The molecule has 2 N–H and O–H groups in total. The molecule has 2 rings (SSSR count). The van der Waals surface area contributed by atoms with E-state index in [1.807, 2.05) is 32.0 Å². The van der Waals surface area contributed by atoms with Crippen LogP contribution in [0.1, 0.15) is 29.7 Å². The van der Waals surface area contributed by atoms with Gasteiger partial charge in [-0.2, -0.15) is 0 Å². The third kappa shape index (κ3) is 3.30. The Morgan fingerprint density at radius 3 is 2.75 bits per heavy atom. The van der Waals surface area contributed by atoms with E-state index in [0.717, 1.165) is 11.1 Å². The van der Waals surface area contributed by atoms with Gasteiger partial charge in [-0.15, -0.1) is 0 Å². The molecule has 2 aromatic carbocycles. The van der Waals surface area contributed by atoms with Gasteiger partial charge >= 0.3 is 0 Å². The quantitative estimate of drug-likeness (QED) is 0.907. The van der Waals surface area contributed by atoms with Crippen molar-refractivity contribution in [1.29, 1.82) is 0 Å². The van der Waals surface area contributed by atoms with Crippen LogP contribution in [-0.2, 0) is 6.61 Å². The number of nitrogens with two attached hydrogens (primary N) is 1. The van der Waals surface area contributed by atoms with Crippen LogP contribution in [0.3, 0.4) is 0 Å². The summed E-state index contributed by atoms with van der Waals surface area (Å²) in [7, 11) is 0. The van der Waals surface area contributed by atoms with Crippen molar-refractivity contribution in [2.75, 3.05) is 0 Å². The summed E-state index contributed by atoms with van der Waals surface area (Å²) < 4.78 is 19.5. The second-order valence-electron chi connectivity index (χ2n) is 4.83. The van der Waals surface area contributed by atoms with Gasteiger partial charge in [-0.05, 0) is 31.5 Å². The third-order valence-electron chi connectivity index (χ3n) is 3.07. The third-order valence-corrected chi connectivity index (χ3v) is 3.37. The van der Waals surface area contributed by atoms with Gasteiger partial charge in [0.15, 0.2) is 0 Å². The summed E-state index contributed by atoms with van der Waals surface area (Å²) in [6, 6.07) is 10.5. The van der Waals surface area contributed by atoms with E-state index in [1.165, 1.54) is 6.07 Å². The zero-order chi connectivity index (χ0) is 14.7. The van der Waals surface area contributed by atoms with Gasteiger partial charge in [0.25, 0.3) is 0 Å². The van der Waals surface area contributed by atoms with Crippen LogP contribution >= 0.6 is 11.6 Å². The second kappa shape index (κ2) is 6.25. The molecule has 0 amide bonds. The Morgan fingerprint density at radius 2 is 2.05 bits per heavy atom. The van der Waals surface area contributed by atoms with E-state index >= 15 is 0 Å². The van der Waals surface area contributed by atoms with Crippen molar-refractivity contribution >= 4 is 11.6 Å². The molecule has 0 spiro atoms. The summed E-state index contributed by atoms with van der Waals surface area (Å²) in [6.45, 7) is 3.98. The number of ether oxygens (including phenoxy) is 1. The maximum absolute atomic E-state index is 13.8. The van der Waals surface area contributed by atoms with E-state index in [9.17, 15) is 4.39 Å². The number of benzene rings is 2. The maximum Gasteiger partial charge on any atom is 0.148 e. The highest BCUT2D eigenvalue weighted by Crippen LogP contribution is 2.27. The van der Waals surface area contributed by atoms with Gasteiger partial charge in [0.2, 0.25) is 0 Å². The van der Waals surface area contributed by atoms with Gasteiger partial charge in [0.05, 0.1) is 5.02 Å². The molecule has 2 nitrogen and oxygen atoms in total. The van der Waals surface area contributed by atoms with Crippen LogP contribution in [0.15, 0.2) is 36.4 Å². The first-order chi connectivity index (χ1) is 9.49. The number of hydrogen-bond acceptors (Lipinski definition) is 2. The first-order valence-electron chi connectivity index (χ1n) is 6.41. The maximum atomic E-state index is 13.8. The molecule has 0 fully saturated rings. The predicted molar refractivity (Wildman–Crippen MR) is 79.5 cm³/mol. The summed E-state index contributed by atoms with van der Waals surface area (Å²) >= 11 is 5.75. The molecular formula is C16H17ClFNO. The average molecular weight is 294 g/mol. The van der Waals surface area contributed by atoms with E-state index < -0.39 is 5.82 Å². The minimum Gasteiger partial charge on any atom is -0.488 e. The van der Waals surface area contributed by atoms with Crippen LogP contribution in [0.4, 0.5) is 4.39 Å². The smallest absolute Gasteiger partial charge is 0.148 e. The van der Waals surface area contributed by atoms with Gasteiger partial charge in [0.1, 0.15) is 18.2 Å². The van der Waals surface area contributed by atoms with Crippen LogP contribution in [-0.4, -0.2) is 0 Å². The van der Waals surface area contributed by atoms with Crippen molar-refractivity contribution in [1.82, 2.24) is 0 Å². The van der Waals surface area contributed by atoms with E-state index in [2.05, 4.69) is 0 Å². The summed E-state index contributed by atoms with van der Waals surface area (Å²) in [5, 5.41) is 0.0998. The van der Waals surface area contributed by atoms with Crippen molar-refractivity contribution < 1.29 is 9.13 Å². The van der Waals surface area contributed by atoms with Crippen molar-refractivity contribution in [3.8, 4) is 5.75 Å². The molecule has 0 saturated heterocycles. The molecule has 0 bridgehead atoms. The number of halogens is 2. The molecule has 106 valence electrons. The number of hydrogen-bond donors (Lipinski definition) is 1. The molecular weight excluding hydrogens is 277 g/mol. The second-order valence-corrected chi connectivity index (χ2v) is 5.24. The Kier molecular flexibility index (Phi) is 4.63. The highest BCUT2D eigenvalue weighted by molar-refractivity contribution is 6.30. The normalized spacial score (nSPS) is 12.2. The monoisotopic (exact) mass is 293 g/mol. The number of aryl methyl sites for hydroxylation is 1. The Hall–Kier alpha value is -1.58. The Balaban J connectivity index is 2.22. The van der Waals surface area contributed by atoms with Crippen LogP contribution in [0.2, 0.25) is 5.02 Å². The van der Waals surface area contributed by atoms with Gasteiger partial charge in [-0.25, -0.2) is 4.39 Å². The molecule has 1 atom stereocenters. The van der Waals surface area contributed by atoms with Crippen molar-refractivity contribution in [2.24, 2.45) is 5.73 Å². The molecule has 0 aliphatic heterocycles. The lowest BCUT2D eigenvalue weighted by molar-refractivity contribution is 0.295. The number of rotatable bonds is 4. The Morgan fingerprint density at radius 1 is 1.30 bits per heavy atom. The molecule has 0 aliphatic rings. The zero-order valence-corrected chi connectivity index (χ0v) is 12.2. The largest absolute Gasteiger partial charge is 0.488 e. The Labute approximate surface area is 123 Å². The van der Waals surface area contributed by atoms with Crippen LogP contribution in [0.25, 0.3) is 0 Å². The van der Waals surface area contributed by atoms with Gasteiger partial charge in [-0.1, -0.05) is 35.9 Å². The fourth-order valence-electron chi connectivity index (χ4n) is 1.96. The van der Waals surface area contributed by atoms with Crippen molar-refractivity contribution in [3.05, 3.63) is 63.9 Å². The molecule has 0 aliphatic carbocycles. The molecule has 0 heterocycles. The minimum absolute atomic E-state index is 0.0998. The molecule has 2 aromatic rings. The lowest BCUT2D eigenvalue weighted by Crippen LogP contribution is -2.08. The first kappa shape index (κ1) is 14.8.